The largest absolute Gasteiger partial charge is 0.362 e. The van der Waals surface area contributed by atoms with Crippen molar-refractivity contribution < 1.29 is 0 Å². The van der Waals surface area contributed by atoms with Gasteiger partial charge in [-0.3, -0.25) is 4.68 Å². The van der Waals surface area contributed by atoms with E-state index in [0.717, 1.165) is 18.8 Å². The molecule has 0 aliphatic heterocycles. The maximum atomic E-state index is 5.04. The monoisotopic (exact) mass is 198 g/mol. The van der Waals surface area contributed by atoms with Gasteiger partial charge < -0.3 is 10.6 Å². The van der Waals surface area contributed by atoms with Gasteiger partial charge in [-0.15, -0.1) is 0 Å². The first-order chi connectivity index (χ1) is 6.22. The molecule has 5 heteroatoms. The molecule has 0 spiro atoms. The average molecular weight is 198 g/mol. The summed E-state index contributed by atoms with van der Waals surface area (Å²) in [6, 6.07) is 1.87. The Morgan fingerprint density at radius 1 is 1.69 bits per heavy atom. The van der Waals surface area contributed by atoms with Crippen molar-refractivity contribution in [3.05, 3.63) is 12.3 Å². The molecule has 0 saturated heterocycles. The zero-order valence-corrected chi connectivity index (χ0v) is 8.69. The van der Waals surface area contributed by atoms with Crippen LogP contribution in [0.4, 0.5) is 5.82 Å². The fraction of sp³-hybridized carbons (Fsp3) is 0.500. The normalized spacial score (nSPS) is 9.69. The van der Waals surface area contributed by atoms with Crippen LogP contribution in [0.1, 0.15) is 13.3 Å². The fourth-order valence-electron chi connectivity index (χ4n) is 0.881. The number of hydrogen-bond donors (Lipinski definition) is 2. The third kappa shape index (κ3) is 3.42. The molecule has 2 N–H and O–H groups in total. The molecule has 0 aliphatic rings. The van der Waals surface area contributed by atoms with Crippen LogP contribution in [0, 0.1) is 0 Å². The Hall–Kier alpha value is -1.10. The zero-order chi connectivity index (χ0) is 9.68. The lowest BCUT2D eigenvalue weighted by molar-refractivity contribution is 0.771. The highest BCUT2D eigenvalue weighted by Gasteiger charge is 1.97. The molecule has 0 aliphatic carbocycles. The van der Waals surface area contributed by atoms with E-state index in [-0.39, 0.29) is 0 Å². The molecule has 0 amide bonds. The lowest BCUT2D eigenvalue weighted by Gasteiger charge is -2.06. The van der Waals surface area contributed by atoms with Crippen molar-refractivity contribution in [3.63, 3.8) is 0 Å². The van der Waals surface area contributed by atoms with Gasteiger partial charge in [0.25, 0.3) is 0 Å². The topological polar surface area (TPSA) is 41.9 Å². The summed E-state index contributed by atoms with van der Waals surface area (Å²) in [5, 5.41) is 10.8. The minimum absolute atomic E-state index is 0.626. The molecule has 0 fully saturated rings. The first-order valence-electron chi connectivity index (χ1n) is 4.27. The SMILES string of the molecule is CCCNC(=S)Nc1ccn(C)n1. The minimum atomic E-state index is 0.626. The maximum absolute atomic E-state index is 5.04. The molecule has 1 heterocycles. The molecule has 13 heavy (non-hydrogen) atoms. The number of anilines is 1. The lowest BCUT2D eigenvalue weighted by atomic mass is 10.5. The average Bonchev–Trinajstić information content (AvgIpc) is 2.48. The van der Waals surface area contributed by atoms with Crippen molar-refractivity contribution in [1.82, 2.24) is 15.1 Å². The van der Waals surface area contributed by atoms with Gasteiger partial charge in [-0.05, 0) is 18.6 Å². The van der Waals surface area contributed by atoms with Crippen molar-refractivity contribution in [1.29, 1.82) is 0 Å². The molecule has 4 nitrogen and oxygen atoms in total. The molecule has 0 aromatic carbocycles. The smallest absolute Gasteiger partial charge is 0.171 e. The van der Waals surface area contributed by atoms with Crippen LogP contribution in [-0.4, -0.2) is 21.4 Å². The van der Waals surface area contributed by atoms with E-state index in [1.165, 1.54) is 0 Å². The zero-order valence-electron chi connectivity index (χ0n) is 7.87. The predicted molar refractivity (Wildman–Crippen MR) is 57.7 cm³/mol. The van der Waals surface area contributed by atoms with E-state index in [1.54, 1.807) is 4.68 Å². The Balaban J connectivity index is 2.36. The third-order valence-electron chi connectivity index (χ3n) is 1.49. The van der Waals surface area contributed by atoms with Crippen molar-refractivity contribution in [2.45, 2.75) is 13.3 Å². The van der Waals surface area contributed by atoms with Crippen LogP contribution < -0.4 is 10.6 Å². The second-order valence-electron chi connectivity index (χ2n) is 2.76. The third-order valence-corrected chi connectivity index (χ3v) is 1.74. The van der Waals surface area contributed by atoms with Crippen LogP contribution in [0.3, 0.4) is 0 Å². The number of hydrogen-bond acceptors (Lipinski definition) is 2. The Labute approximate surface area is 83.3 Å². The fourth-order valence-corrected chi connectivity index (χ4v) is 1.09. The first-order valence-corrected chi connectivity index (χ1v) is 4.67. The maximum Gasteiger partial charge on any atom is 0.171 e. The first kappa shape index (κ1) is 9.98. The molecular weight excluding hydrogens is 184 g/mol. The quantitative estimate of drug-likeness (QED) is 0.714. The molecule has 0 radical (unpaired) electrons. The van der Waals surface area contributed by atoms with Gasteiger partial charge in [-0.2, -0.15) is 5.10 Å². The van der Waals surface area contributed by atoms with E-state index in [9.17, 15) is 0 Å². The standard InChI is InChI=1S/C8H14N4S/c1-3-5-9-8(13)10-7-4-6-12(2)11-7/h4,6H,3,5H2,1-2H3,(H2,9,10,11,13). The molecular formula is C8H14N4S. The Morgan fingerprint density at radius 2 is 2.46 bits per heavy atom. The second kappa shape index (κ2) is 4.81. The highest BCUT2D eigenvalue weighted by molar-refractivity contribution is 7.80. The van der Waals surface area contributed by atoms with E-state index in [2.05, 4.69) is 22.7 Å². The summed E-state index contributed by atoms with van der Waals surface area (Å²) in [6.45, 7) is 2.98. The highest BCUT2D eigenvalue weighted by Crippen LogP contribution is 1.99. The Kier molecular flexibility index (Phi) is 3.70. The molecule has 1 aromatic heterocycles. The molecule has 0 bridgehead atoms. The van der Waals surface area contributed by atoms with Crippen LogP contribution in [0.25, 0.3) is 0 Å². The van der Waals surface area contributed by atoms with Crippen LogP contribution in [0.15, 0.2) is 12.3 Å². The predicted octanol–water partition coefficient (Wildman–Crippen LogP) is 1.12. The number of thiocarbonyl (C=S) groups is 1. The molecule has 1 rings (SSSR count). The summed E-state index contributed by atoms with van der Waals surface area (Å²) in [5.74, 6) is 0.774. The summed E-state index contributed by atoms with van der Waals surface area (Å²) in [5.41, 5.74) is 0. The van der Waals surface area contributed by atoms with E-state index in [4.69, 9.17) is 12.2 Å². The Morgan fingerprint density at radius 3 is 3.00 bits per heavy atom. The van der Waals surface area contributed by atoms with Gasteiger partial charge in [0, 0.05) is 25.9 Å². The molecule has 0 unspecified atom stereocenters. The van der Waals surface area contributed by atoms with Crippen LogP contribution in [0.5, 0.6) is 0 Å². The molecule has 0 atom stereocenters. The van der Waals surface area contributed by atoms with Crippen molar-refractivity contribution in [2.75, 3.05) is 11.9 Å². The number of aromatic nitrogens is 2. The van der Waals surface area contributed by atoms with Gasteiger partial charge >= 0.3 is 0 Å². The van der Waals surface area contributed by atoms with E-state index < -0.39 is 0 Å². The van der Waals surface area contributed by atoms with E-state index in [1.807, 2.05) is 19.3 Å². The highest BCUT2D eigenvalue weighted by atomic mass is 32.1. The molecule has 1 aromatic rings. The number of aryl methyl sites for hydroxylation is 1. The number of rotatable bonds is 3. The van der Waals surface area contributed by atoms with Gasteiger partial charge in [0.1, 0.15) is 0 Å². The van der Waals surface area contributed by atoms with Gasteiger partial charge in [-0.1, -0.05) is 6.92 Å². The van der Waals surface area contributed by atoms with E-state index in [0.29, 0.717) is 5.11 Å². The number of nitrogens with zero attached hydrogens (tertiary/aromatic N) is 2. The van der Waals surface area contributed by atoms with Crippen LogP contribution >= 0.6 is 12.2 Å². The van der Waals surface area contributed by atoms with Gasteiger partial charge in [0.05, 0.1) is 0 Å². The Bertz CT molecular complexity index is 281. The second-order valence-corrected chi connectivity index (χ2v) is 3.16. The van der Waals surface area contributed by atoms with Crippen LogP contribution in [-0.2, 0) is 7.05 Å². The van der Waals surface area contributed by atoms with Gasteiger partial charge in [0.2, 0.25) is 0 Å². The van der Waals surface area contributed by atoms with Crippen molar-refractivity contribution in [3.8, 4) is 0 Å². The summed E-state index contributed by atoms with van der Waals surface area (Å²) in [4.78, 5) is 0. The summed E-state index contributed by atoms with van der Waals surface area (Å²) < 4.78 is 1.73. The summed E-state index contributed by atoms with van der Waals surface area (Å²) >= 11 is 5.04. The summed E-state index contributed by atoms with van der Waals surface area (Å²) in [7, 11) is 1.87. The lowest BCUT2D eigenvalue weighted by Crippen LogP contribution is -2.29. The van der Waals surface area contributed by atoms with Crippen LogP contribution in [0.2, 0.25) is 0 Å². The molecule has 72 valence electrons. The molecule has 0 saturated carbocycles. The van der Waals surface area contributed by atoms with E-state index >= 15 is 0 Å². The minimum Gasteiger partial charge on any atom is -0.362 e. The van der Waals surface area contributed by atoms with Gasteiger partial charge in [-0.25, -0.2) is 0 Å². The van der Waals surface area contributed by atoms with Gasteiger partial charge in [0.15, 0.2) is 10.9 Å². The van der Waals surface area contributed by atoms with Crippen molar-refractivity contribution >= 4 is 23.1 Å². The summed E-state index contributed by atoms with van der Waals surface area (Å²) in [6.07, 6.45) is 2.93. The number of nitrogens with one attached hydrogen (secondary N) is 2. The van der Waals surface area contributed by atoms with Crippen molar-refractivity contribution in [2.24, 2.45) is 7.05 Å².